The van der Waals surface area contributed by atoms with Gasteiger partial charge in [0.25, 0.3) is 5.91 Å². The highest BCUT2D eigenvalue weighted by Gasteiger charge is 2.40. The van der Waals surface area contributed by atoms with Crippen LogP contribution in [0.2, 0.25) is 0 Å². The topological polar surface area (TPSA) is 137 Å². The molecule has 3 aromatic heterocycles. The van der Waals surface area contributed by atoms with Gasteiger partial charge in [-0.2, -0.15) is 0 Å². The largest absolute Gasteiger partial charge is 0.474 e. The van der Waals surface area contributed by atoms with Crippen LogP contribution in [0.25, 0.3) is 32.9 Å². The molecule has 3 fully saturated rings. The van der Waals surface area contributed by atoms with Gasteiger partial charge in [0.15, 0.2) is 0 Å². The summed E-state index contributed by atoms with van der Waals surface area (Å²) in [5.41, 5.74) is 7.09. The standard InChI is InChI=1S/C43H46N6O7/c1-47-37-12-13-44-23-36(37)35-7-4-27(19-39(35)47)28-5-11-41(45-22-28)56-32-20-31(21-32)54-16-2-14-53-15-3-17-55-33-25-48(26-33)30-6-8-34-29(18-30)24-49(43(34)52)38-9-10-40(50)46-42(38)51/h4-8,11-13,18-19,22-23,31-33,38H,2-3,9-10,14-17,20-21,24-26H2,1H3,(H,46,50,51)/t31-,32-,38?. The minimum Gasteiger partial charge on any atom is -0.474 e. The zero-order chi connectivity index (χ0) is 38.2. The third-order valence-electron chi connectivity index (χ3n) is 11.5. The lowest BCUT2D eigenvalue weighted by Crippen LogP contribution is -2.52. The SMILES string of the molecule is Cn1c2ccncc2c2ccc(-c3ccc(O[C@H]4C[C@H](OCCCOCCCOC5CN(c6ccc7c(c6)CN(C6CCC(=O)NC6=O)C7=O)C5)C4)nc3)cc21. The van der Waals surface area contributed by atoms with Crippen LogP contribution in [0.1, 0.15) is 54.4 Å². The van der Waals surface area contributed by atoms with Crippen molar-refractivity contribution >= 4 is 45.2 Å². The van der Waals surface area contributed by atoms with Gasteiger partial charge in [-0.15, -0.1) is 0 Å². The van der Waals surface area contributed by atoms with Crippen molar-refractivity contribution in [3.8, 4) is 17.0 Å². The van der Waals surface area contributed by atoms with E-state index in [4.69, 9.17) is 18.9 Å². The van der Waals surface area contributed by atoms with Crippen LogP contribution in [0.15, 0.2) is 73.2 Å². The average molecular weight is 759 g/mol. The van der Waals surface area contributed by atoms with Crippen LogP contribution in [0.4, 0.5) is 5.69 Å². The second-order valence-electron chi connectivity index (χ2n) is 15.2. The summed E-state index contributed by atoms with van der Waals surface area (Å²) in [6.07, 6.45) is 10.2. The van der Waals surface area contributed by atoms with E-state index in [1.165, 1.54) is 16.4 Å². The Labute approximate surface area is 324 Å². The van der Waals surface area contributed by atoms with Crippen molar-refractivity contribution in [2.75, 3.05) is 44.4 Å². The highest BCUT2D eigenvalue weighted by molar-refractivity contribution is 6.08. The van der Waals surface area contributed by atoms with Gasteiger partial charge in [0.2, 0.25) is 17.7 Å². The molecule has 13 nitrogen and oxygen atoms in total. The van der Waals surface area contributed by atoms with Gasteiger partial charge < -0.3 is 33.3 Å². The lowest BCUT2D eigenvalue weighted by atomic mass is 9.92. The highest BCUT2D eigenvalue weighted by atomic mass is 16.5. The molecule has 13 heteroatoms. The average Bonchev–Trinajstić information content (AvgIpc) is 3.65. The van der Waals surface area contributed by atoms with E-state index in [0.29, 0.717) is 50.8 Å². The van der Waals surface area contributed by atoms with E-state index in [1.54, 1.807) is 4.90 Å². The first-order chi connectivity index (χ1) is 27.4. The number of aromatic nitrogens is 3. The first-order valence-corrected chi connectivity index (χ1v) is 19.7. The van der Waals surface area contributed by atoms with Gasteiger partial charge in [-0.3, -0.25) is 24.7 Å². The zero-order valence-corrected chi connectivity index (χ0v) is 31.5. The summed E-state index contributed by atoms with van der Waals surface area (Å²) < 4.78 is 26.2. The van der Waals surface area contributed by atoms with Crippen molar-refractivity contribution in [1.82, 2.24) is 24.8 Å². The molecule has 6 heterocycles. The van der Waals surface area contributed by atoms with Crippen LogP contribution in [0.5, 0.6) is 5.88 Å². The highest BCUT2D eigenvalue weighted by Crippen LogP contribution is 2.34. The number of piperidine rings is 1. The summed E-state index contributed by atoms with van der Waals surface area (Å²) in [6, 6.07) is 17.8. The maximum absolute atomic E-state index is 13.0. The Hall–Kier alpha value is -5.37. The fraction of sp³-hybridized carbons (Fsp3) is 0.419. The number of nitrogens with zero attached hydrogens (tertiary/aromatic N) is 5. The molecule has 1 atom stereocenters. The van der Waals surface area contributed by atoms with Gasteiger partial charge in [-0.25, -0.2) is 4.98 Å². The molecule has 3 amide bonds. The maximum Gasteiger partial charge on any atom is 0.255 e. The van der Waals surface area contributed by atoms with Gasteiger partial charge in [0, 0.05) is 130 Å². The van der Waals surface area contributed by atoms with E-state index in [1.807, 2.05) is 48.9 Å². The summed E-state index contributed by atoms with van der Waals surface area (Å²) >= 11 is 0. The summed E-state index contributed by atoms with van der Waals surface area (Å²) in [5, 5.41) is 4.71. The summed E-state index contributed by atoms with van der Waals surface area (Å²) in [7, 11) is 2.09. The van der Waals surface area contributed by atoms with Crippen molar-refractivity contribution in [2.45, 2.75) is 69.4 Å². The number of amides is 3. The predicted octanol–water partition coefficient (Wildman–Crippen LogP) is 5.18. The van der Waals surface area contributed by atoms with E-state index in [2.05, 4.69) is 56.1 Å². The normalized spacial score (nSPS) is 21.0. The number of nitrogens with one attached hydrogen (secondary N) is 1. The molecule has 1 unspecified atom stereocenters. The van der Waals surface area contributed by atoms with Crippen molar-refractivity contribution in [1.29, 1.82) is 0 Å². The number of carbonyl (C=O) groups is 3. The number of ether oxygens (including phenoxy) is 4. The van der Waals surface area contributed by atoms with Gasteiger partial charge in [0.05, 0.1) is 17.7 Å². The number of carbonyl (C=O) groups excluding carboxylic acids is 3. The number of hydrogen-bond donors (Lipinski definition) is 1. The number of aryl methyl sites for hydroxylation is 1. The molecule has 0 radical (unpaired) electrons. The van der Waals surface area contributed by atoms with Crippen LogP contribution in [0, 0.1) is 0 Å². The van der Waals surface area contributed by atoms with E-state index in [0.717, 1.165) is 66.5 Å². The third-order valence-corrected chi connectivity index (χ3v) is 11.5. The molecule has 2 saturated heterocycles. The molecule has 1 saturated carbocycles. The Bertz CT molecular complexity index is 2260. The van der Waals surface area contributed by atoms with Gasteiger partial charge in [-0.1, -0.05) is 12.1 Å². The van der Waals surface area contributed by atoms with E-state index >= 15 is 0 Å². The number of imide groups is 1. The minimum absolute atomic E-state index is 0.120. The zero-order valence-electron chi connectivity index (χ0n) is 31.5. The van der Waals surface area contributed by atoms with Gasteiger partial charge >= 0.3 is 0 Å². The van der Waals surface area contributed by atoms with Crippen LogP contribution < -0.4 is 15.0 Å². The van der Waals surface area contributed by atoms with E-state index in [-0.39, 0.29) is 36.5 Å². The van der Waals surface area contributed by atoms with Crippen molar-refractivity contribution in [3.05, 3.63) is 84.3 Å². The van der Waals surface area contributed by atoms with E-state index in [9.17, 15) is 14.4 Å². The molecular weight excluding hydrogens is 713 g/mol. The summed E-state index contributed by atoms with van der Waals surface area (Å²) in [6.45, 7) is 4.59. The van der Waals surface area contributed by atoms with Crippen LogP contribution in [-0.2, 0) is 37.4 Å². The monoisotopic (exact) mass is 758 g/mol. The first-order valence-electron chi connectivity index (χ1n) is 19.7. The Morgan fingerprint density at radius 3 is 2.39 bits per heavy atom. The number of hydrogen-bond acceptors (Lipinski definition) is 10. The molecule has 56 heavy (non-hydrogen) atoms. The molecule has 2 aromatic carbocycles. The molecule has 5 aromatic rings. The first kappa shape index (κ1) is 36.3. The molecule has 0 bridgehead atoms. The molecular formula is C43H46N6O7. The smallest absolute Gasteiger partial charge is 0.255 e. The second kappa shape index (κ2) is 15.6. The van der Waals surface area contributed by atoms with E-state index < -0.39 is 11.9 Å². The van der Waals surface area contributed by atoms with Gasteiger partial charge in [0.1, 0.15) is 12.1 Å². The van der Waals surface area contributed by atoms with Crippen LogP contribution in [0.3, 0.4) is 0 Å². The molecule has 9 rings (SSSR count). The number of benzene rings is 2. The summed E-state index contributed by atoms with van der Waals surface area (Å²) in [4.78, 5) is 49.6. The lowest BCUT2D eigenvalue weighted by Gasteiger charge is -2.40. The molecule has 290 valence electrons. The summed E-state index contributed by atoms with van der Waals surface area (Å²) in [5.74, 6) is -0.188. The molecule has 1 N–H and O–H groups in total. The fourth-order valence-electron chi connectivity index (χ4n) is 8.21. The second-order valence-corrected chi connectivity index (χ2v) is 15.2. The van der Waals surface area contributed by atoms with Crippen molar-refractivity contribution in [2.24, 2.45) is 7.05 Å². The van der Waals surface area contributed by atoms with Crippen molar-refractivity contribution in [3.63, 3.8) is 0 Å². The number of pyridine rings is 2. The molecule has 0 spiro atoms. The minimum atomic E-state index is -0.602. The molecule has 1 aliphatic carbocycles. The molecule has 4 aliphatic rings. The molecule has 3 aliphatic heterocycles. The van der Waals surface area contributed by atoms with Crippen molar-refractivity contribution < 1.29 is 33.3 Å². The predicted molar refractivity (Wildman–Crippen MR) is 209 cm³/mol. The number of anilines is 1. The number of fused-ring (bicyclic) bond motifs is 4. The maximum atomic E-state index is 13.0. The Kier molecular flexibility index (Phi) is 10.1. The number of rotatable bonds is 15. The lowest BCUT2D eigenvalue weighted by molar-refractivity contribution is -0.136. The Balaban J connectivity index is 0.611. The van der Waals surface area contributed by atoms with Gasteiger partial charge in [-0.05, 0) is 66.8 Å². The Morgan fingerprint density at radius 1 is 0.804 bits per heavy atom. The van der Waals surface area contributed by atoms with Crippen LogP contribution in [-0.4, -0.2) is 101 Å². The quantitative estimate of drug-likeness (QED) is 0.112. The van der Waals surface area contributed by atoms with Crippen LogP contribution >= 0.6 is 0 Å². The Morgan fingerprint density at radius 2 is 1.61 bits per heavy atom. The third kappa shape index (κ3) is 7.34. The fourth-order valence-corrected chi connectivity index (χ4v) is 8.21.